The van der Waals surface area contributed by atoms with Crippen molar-refractivity contribution in [3.05, 3.63) is 0 Å². The van der Waals surface area contributed by atoms with Gasteiger partial charge in [-0.15, -0.1) is 0 Å². The van der Waals surface area contributed by atoms with Crippen LogP contribution < -0.4 is 0 Å². The summed E-state index contributed by atoms with van der Waals surface area (Å²) < 4.78 is 43.7. The summed E-state index contributed by atoms with van der Waals surface area (Å²) in [6, 6.07) is 0. The van der Waals surface area contributed by atoms with Gasteiger partial charge in [0.2, 0.25) is 11.8 Å². The fourth-order valence-electron chi connectivity index (χ4n) is 1.70. The SMILES string of the molecule is CCC(=O)OC1CC(=O)N1C(=O)C(C)(CC)C(F)(F)F. The molecule has 0 aromatic rings. The minimum atomic E-state index is -4.78. The molecule has 1 fully saturated rings. The molecule has 2 atom stereocenters. The van der Waals surface area contributed by atoms with E-state index >= 15 is 0 Å². The number of imide groups is 1. The third kappa shape index (κ3) is 2.64. The maximum Gasteiger partial charge on any atom is 0.402 e. The van der Waals surface area contributed by atoms with Crippen LogP contribution in [-0.4, -0.2) is 35.1 Å². The number of rotatable bonds is 4. The number of alkyl halides is 3. The van der Waals surface area contributed by atoms with Crippen LogP contribution in [0.5, 0.6) is 0 Å². The number of likely N-dealkylation sites (tertiary alicyclic amines) is 1. The van der Waals surface area contributed by atoms with Crippen molar-refractivity contribution in [2.24, 2.45) is 5.41 Å². The molecule has 1 aliphatic heterocycles. The van der Waals surface area contributed by atoms with Gasteiger partial charge in [0.05, 0.1) is 6.42 Å². The fraction of sp³-hybridized carbons (Fsp3) is 0.750. The van der Waals surface area contributed by atoms with E-state index < -0.39 is 42.0 Å². The van der Waals surface area contributed by atoms with Crippen LogP contribution in [0.15, 0.2) is 0 Å². The zero-order valence-electron chi connectivity index (χ0n) is 11.4. The van der Waals surface area contributed by atoms with E-state index in [1.165, 1.54) is 13.8 Å². The molecule has 1 heterocycles. The van der Waals surface area contributed by atoms with E-state index in [1.807, 2.05) is 0 Å². The zero-order chi connectivity index (χ0) is 15.7. The number of carbonyl (C=O) groups excluding carboxylic acids is 3. The molecular formula is C12H16F3NO4. The van der Waals surface area contributed by atoms with Gasteiger partial charge in [0.25, 0.3) is 0 Å². The number of β-lactam (4-membered cyclic amide) rings is 1. The Labute approximate surface area is 114 Å². The summed E-state index contributed by atoms with van der Waals surface area (Å²) in [5.41, 5.74) is -2.67. The Balaban J connectivity index is 2.94. The van der Waals surface area contributed by atoms with Crippen molar-refractivity contribution in [1.29, 1.82) is 0 Å². The lowest BCUT2D eigenvalue weighted by Crippen LogP contribution is -2.63. The Hall–Kier alpha value is -1.60. The quantitative estimate of drug-likeness (QED) is 0.588. The first-order chi connectivity index (χ1) is 9.08. The second-order valence-electron chi connectivity index (χ2n) is 4.75. The van der Waals surface area contributed by atoms with E-state index in [2.05, 4.69) is 0 Å². The second-order valence-corrected chi connectivity index (χ2v) is 4.75. The van der Waals surface area contributed by atoms with E-state index in [4.69, 9.17) is 4.74 Å². The van der Waals surface area contributed by atoms with Crippen LogP contribution in [0.2, 0.25) is 0 Å². The predicted molar refractivity (Wildman–Crippen MR) is 61.1 cm³/mol. The Morgan fingerprint density at radius 1 is 1.35 bits per heavy atom. The van der Waals surface area contributed by atoms with Gasteiger partial charge >= 0.3 is 12.1 Å². The van der Waals surface area contributed by atoms with E-state index in [1.54, 1.807) is 0 Å². The summed E-state index contributed by atoms with van der Waals surface area (Å²) >= 11 is 0. The maximum atomic E-state index is 13.0. The highest BCUT2D eigenvalue weighted by molar-refractivity contribution is 6.02. The van der Waals surface area contributed by atoms with Gasteiger partial charge in [-0.05, 0) is 13.3 Å². The van der Waals surface area contributed by atoms with Crippen molar-refractivity contribution >= 4 is 17.8 Å². The van der Waals surface area contributed by atoms with E-state index in [-0.39, 0.29) is 12.8 Å². The Bertz CT molecular complexity index is 435. The maximum absolute atomic E-state index is 13.0. The summed E-state index contributed by atoms with van der Waals surface area (Å²) in [7, 11) is 0. The van der Waals surface area contributed by atoms with Crippen molar-refractivity contribution in [1.82, 2.24) is 4.90 Å². The molecule has 1 saturated heterocycles. The Morgan fingerprint density at radius 2 is 1.90 bits per heavy atom. The predicted octanol–water partition coefficient (Wildman–Crippen LogP) is 2.00. The topological polar surface area (TPSA) is 63.7 Å². The van der Waals surface area contributed by atoms with Crippen LogP contribution in [0.3, 0.4) is 0 Å². The summed E-state index contributed by atoms with van der Waals surface area (Å²) in [6.07, 6.45) is -6.77. The molecule has 1 rings (SSSR count). The van der Waals surface area contributed by atoms with Gasteiger partial charge in [0.1, 0.15) is 5.41 Å². The molecule has 2 unspecified atom stereocenters. The average molecular weight is 295 g/mol. The van der Waals surface area contributed by atoms with Gasteiger partial charge in [0.15, 0.2) is 6.23 Å². The molecule has 0 saturated carbocycles. The van der Waals surface area contributed by atoms with Crippen LogP contribution in [0.25, 0.3) is 0 Å². The molecule has 0 aliphatic carbocycles. The number of carbonyl (C=O) groups is 3. The normalized spacial score (nSPS) is 22.0. The van der Waals surface area contributed by atoms with Crippen molar-refractivity contribution < 1.29 is 32.3 Å². The summed E-state index contributed by atoms with van der Waals surface area (Å²) in [5, 5.41) is 0. The number of ether oxygens (including phenoxy) is 1. The monoisotopic (exact) mass is 295 g/mol. The number of hydrogen-bond donors (Lipinski definition) is 0. The van der Waals surface area contributed by atoms with Crippen LogP contribution in [-0.2, 0) is 19.1 Å². The molecule has 0 N–H and O–H groups in total. The number of nitrogens with zero attached hydrogens (tertiary/aromatic N) is 1. The van der Waals surface area contributed by atoms with Crippen molar-refractivity contribution in [2.75, 3.05) is 0 Å². The first-order valence-electron chi connectivity index (χ1n) is 6.21. The molecule has 8 heteroatoms. The molecule has 0 bridgehead atoms. The fourth-order valence-corrected chi connectivity index (χ4v) is 1.70. The molecule has 20 heavy (non-hydrogen) atoms. The van der Waals surface area contributed by atoms with Crippen molar-refractivity contribution in [3.63, 3.8) is 0 Å². The van der Waals surface area contributed by atoms with Gasteiger partial charge < -0.3 is 4.74 Å². The van der Waals surface area contributed by atoms with E-state index in [9.17, 15) is 27.6 Å². The van der Waals surface area contributed by atoms with Gasteiger partial charge in [-0.3, -0.25) is 14.4 Å². The Kier molecular flexibility index (Phi) is 4.45. The first kappa shape index (κ1) is 16.5. The third-order valence-electron chi connectivity index (χ3n) is 3.49. The number of hydrogen-bond acceptors (Lipinski definition) is 4. The highest BCUT2D eigenvalue weighted by atomic mass is 19.4. The molecule has 5 nitrogen and oxygen atoms in total. The highest BCUT2D eigenvalue weighted by Crippen LogP contribution is 2.44. The largest absolute Gasteiger partial charge is 0.440 e. The number of halogens is 3. The lowest BCUT2D eigenvalue weighted by molar-refractivity contribution is -0.232. The molecular weight excluding hydrogens is 279 g/mol. The summed E-state index contributed by atoms with van der Waals surface area (Å²) in [4.78, 5) is 34.9. The molecule has 0 spiro atoms. The molecule has 0 aromatic heterocycles. The lowest BCUT2D eigenvalue weighted by atomic mass is 9.84. The molecule has 0 radical (unpaired) electrons. The molecule has 1 aliphatic rings. The Morgan fingerprint density at radius 3 is 2.25 bits per heavy atom. The third-order valence-corrected chi connectivity index (χ3v) is 3.49. The first-order valence-corrected chi connectivity index (χ1v) is 6.21. The van der Waals surface area contributed by atoms with Crippen LogP contribution in [0.1, 0.15) is 40.0 Å². The molecule has 0 aromatic carbocycles. The average Bonchev–Trinajstić information content (AvgIpc) is 2.34. The highest BCUT2D eigenvalue weighted by Gasteiger charge is 2.60. The lowest BCUT2D eigenvalue weighted by Gasteiger charge is -2.42. The summed E-state index contributed by atoms with van der Waals surface area (Å²) in [5.74, 6) is -2.82. The second kappa shape index (κ2) is 5.41. The summed E-state index contributed by atoms with van der Waals surface area (Å²) in [6.45, 7) is 3.45. The van der Waals surface area contributed by atoms with Crippen molar-refractivity contribution in [2.45, 2.75) is 52.4 Å². The smallest absolute Gasteiger partial charge is 0.402 e. The number of amides is 2. The molecule has 2 amide bonds. The van der Waals surface area contributed by atoms with E-state index in [0.29, 0.717) is 4.90 Å². The van der Waals surface area contributed by atoms with Crippen LogP contribution >= 0.6 is 0 Å². The molecule has 114 valence electrons. The van der Waals surface area contributed by atoms with Gasteiger partial charge in [-0.2, -0.15) is 13.2 Å². The standard InChI is InChI=1S/C12H16F3NO4/c1-4-9(18)20-8-6-7(17)16(8)10(19)11(3,5-2)12(13,14)15/h8H,4-6H2,1-3H3. The van der Waals surface area contributed by atoms with Gasteiger partial charge in [0, 0.05) is 6.42 Å². The van der Waals surface area contributed by atoms with Crippen LogP contribution in [0.4, 0.5) is 13.2 Å². The van der Waals surface area contributed by atoms with E-state index in [0.717, 1.165) is 6.92 Å². The van der Waals surface area contributed by atoms with Gasteiger partial charge in [-0.1, -0.05) is 13.8 Å². The van der Waals surface area contributed by atoms with Crippen molar-refractivity contribution in [3.8, 4) is 0 Å². The minimum Gasteiger partial charge on any atom is -0.440 e. The van der Waals surface area contributed by atoms with Gasteiger partial charge in [-0.25, -0.2) is 4.90 Å². The zero-order valence-corrected chi connectivity index (χ0v) is 11.4. The minimum absolute atomic E-state index is 0.0109. The number of esters is 1. The van der Waals surface area contributed by atoms with Crippen LogP contribution in [0, 0.1) is 5.41 Å².